The molecule has 0 spiro atoms. The second kappa shape index (κ2) is 14.1. The van der Waals surface area contributed by atoms with Crippen LogP contribution in [0.5, 0.6) is 0 Å². The second-order valence-corrected chi connectivity index (χ2v) is 10.2. The van der Waals surface area contributed by atoms with E-state index in [2.05, 4.69) is 34.6 Å². The molecule has 1 aliphatic heterocycles. The predicted molar refractivity (Wildman–Crippen MR) is 124 cm³/mol. The molecular formula is C25H47NO5. The van der Waals surface area contributed by atoms with E-state index in [1.807, 2.05) is 5.06 Å². The fraction of sp³-hybridized carbons (Fsp3) is 0.920. The number of hydroxylamine groups is 2. The van der Waals surface area contributed by atoms with Crippen molar-refractivity contribution < 1.29 is 23.9 Å². The molecule has 0 bridgehead atoms. The van der Waals surface area contributed by atoms with Gasteiger partial charge >= 0.3 is 11.9 Å². The lowest BCUT2D eigenvalue weighted by Crippen LogP contribution is -2.62. The van der Waals surface area contributed by atoms with Crippen LogP contribution < -0.4 is 0 Å². The maximum absolute atomic E-state index is 12.4. The van der Waals surface area contributed by atoms with E-state index in [9.17, 15) is 9.59 Å². The Bertz CT molecular complexity index is 514. The Morgan fingerprint density at radius 1 is 0.839 bits per heavy atom. The maximum atomic E-state index is 12.4. The molecule has 0 atom stereocenters. The number of esters is 2. The molecule has 182 valence electrons. The highest BCUT2D eigenvalue weighted by Crippen LogP contribution is 2.39. The molecule has 1 heterocycles. The number of hydrogen-bond donors (Lipinski definition) is 0. The maximum Gasteiger partial charge on any atom is 0.306 e. The summed E-state index contributed by atoms with van der Waals surface area (Å²) in [5.41, 5.74) is -0.582. The Hall–Kier alpha value is -1.14. The lowest BCUT2D eigenvalue weighted by Gasteiger charge is -2.53. The molecular weight excluding hydrogens is 394 g/mol. The van der Waals surface area contributed by atoms with E-state index < -0.39 is 0 Å². The van der Waals surface area contributed by atoms with Gasteiger partial charge in [-0.15, -0.1) is 0 Å². The highest BCUT2D eigenvalue weighted by molar-refractivity contribution is 5.69. The molecule has 1 rings (SSSR count). The minimum Gasteiger partial charge on any atom is -0.463 e. The standard InChI is InChI=1S/C25H47NO5/c1-7-8-9-10-11-12-13-14-15-16-23(28)31-22-19-24(3,4)26(25(5,6)20-22)30-18-17-29-21(2)27/h22H,7-20H2,1-6H3. The van der Waals surface area contributed by atoms with Crippen LogP contribution >= 0.6 is 0 Å². The Morgan fingerprint density at radius 3 is 1.87 bits per heavy atom. The zero-order valence-corrected chi connectivity index (χ0v) is 21.0. The lowest BCUT2D eigenvalue weighted by atomic mass is 9.80. The molecule has 1 aliphatic rings. The second-order valence-electron chi connectivity index (χ2n) is 10.2. The summed E-state index contributed by atoms with van der Waals surface area (Å²) in [6, 6.07) is 0. The quantitative estimate of drug-likeness (QED) is 0.230. The average Bonchev–Trinajstić information content (AvgIpc) is 2.64. The highest BCUT2D eigenvalue weighted by Gasteiger charge is 2.47. The van der Waals surface area contributed by atoms with E-state index in [-0.39, 0.29) is 35.7 Å². The van der Waals surface area contributed by atoms with Crippen molar-refractivity contribution in [3.05, 3.63) is 0 Å². The molecule has 0 amide bonds. The molecule has 31 heavy (non-hydrogen) atoms. The van der Waals surface area contributed by atoms with Crippen molar-refractivity contribution in [2.45, 2.75) is 136 Å². The first-order chi connectivity index (χ1) is 14.6. The SMILES string of the molecule is CCCCCCCCCCCC(=O)OC1CC(C)(C)N(OCCOC(C)=O)C(C)(C)C1. The molecule has 1 saturated heterocycles. The van der Waals surface area contributed by atoms with Crippen LogP contribution in [0.25, 0.3) is 0 Å². The number of hydrogen-bond acceptors (Lipinski definition) is 6. The van der Waals surface area contributed by atoms with Crippen molar-refractivity contribution in [1.82, 2.24) is 5.06 Å². The first-order valence-electron chi connectivity index (χ1n) is 12.3. The van der Waals surface area contributed by atoms with Gasteiger partial charge in [0.2, 0.25) is 0 Å². The zero-order chi connectivity index (χ0) is 23.3. The third kappa shape index (κ3) is 11.3. The van der Waals surface area contributed by atoms with E-state index in [1.165, 1.54) is 51.9 Å². The van der Waals surface area contributed by atoms with Gasteiger partial charge in [-0.3, -0.25) is 14.4 Å². The zero-order valence-electron chi connectivity index (χ0n) is 21.0. The molecule has 0 aliphatic carbocycles. The van der Waals surface area contributed by atoms with Crippen molar-refractivity contribution in [1.29, 1.82) is 0 Å². The molecule has 0 aromatic carbocycles. The first kappa shape index (κ1) is 27.9. The third-order valence-electron chi connectivity index (χ3n) is 5.95. The minimum atomic E-state index is -0.306. The molecule has 0 saturated carbocycles. The van der Waals surface area contributed by atoms with Crippen molar-refractivity contribution in [2.75, 3.05) is 13.2 Å². The Morgan fingerprint density at radius 2 is 1.35 bits per heavy atom. The molecule has 0 aromatic rings. The summed E-state index contributed by atoms with van der Waals surface area (Å²) in [7, 11) is 0. The Balaban J connectivity index is 2.32. The molecule has 0 unspecified atom stereocenters. The summed E-state index contributed by atoms with van der Waals surface area (Å²) >= 11 is 0. The Labute approximate surface area is 190 Å². The van der Waals surface area contributed by atoms with Crippen molar-refractivity contribution in [3.8, 4) is 0 Å². The van der Waals surface area contributed by atoms with Gasteiger partial charge in [0.25, 0.3) is 0 Å². The third-order valence-corrected chi connectivity index (χ3v) is 5.95. The number of rotatable bonds is 15. The van der Waals surface area contributed by atoms with Crippen LogP contribution in [0.15, 0.2) is 0 Å². The number of piperidine rings is 1. The largest absolute Gasteiger partial charge is 0.463 e. The molecule has 0 aromatic heterocycles. The summed E-state index contributed by atoms with van der Waals surface area (Å²) < 4.78 is 10.8. The van der Waals surface area contributed by atoms with Gasteiger partial charge in [0, 0.05) is 37.3 Å². The molecule has 0 radical (unpaired) electrons. The van der Waals surface area contributed by atoms with Crippen molar-refractivity contribution in [3.63, 3.8) is 0 Å². The fourth-order valence-corrected chi connectivity index (χ4v) is 4.74. The number of carbonyl (C=O) groups excluding carboxylic acids is 2. The fourth-order valence-electron chi connectivity index (χ4n) is 4.74. The molecule has 6 nitrogen and oxygen atoms in total. The van der Waals surface area contributed by atoms with E-state index in [0.29, 0.717) is 25.9 Å². The van der Waals surface area contributed by atoms with E-state index in [1.54, 1.807) is 0 Å². The van der Waals surface area contributed by atoms with E-state index in [0.717, 1.165) is 12.8 Å². The smallest absolute Gasteiger partial charge is 0.306 e. The number of carbonyl (C=O) groups is 2. The normalized spacial score (nSPS) is 18.6. The average molecular weight is 442 g/mol. The highest BCUT2D eigenvalue weighted by atomic mass is 16.7. The van der Waals surface area contributed by atoms with Crippen molar-refractivity contribution in [2.24, 2.45) is 0 Å². The summed E-state index contributed by atoms with van der Waals surface area (Å²) in [5, 5.41) is 1.98. The lowest BCUT2D eigenvalue weighted by molar-refractivity contribution is -0.295. The summed E-state index contributed by atoms with van der Waals surface area (Å²) in [6.07, 6.45) is 13.0. The van der Waals surface area contributed by atoms with Gasteiger partial charge in [0.1, 0.15) is 19.3 Å². The van der Waals surface area contributed by atoms with E-state index in [4.69, 9.17) is 14.3 Å². The van der Waals surface area contributed by atoms with Crippen LogP contribution in [0.2, 0.25) is 0 Å². The van der Waals surface area contributed by atoms with Gasteiger partial charge in [0.15, 0.2) is 0 Å². The number of nitrogens with zero attached hydrogens (tertiary/aromatic N) is 1. The van der Waals surface area contributed by atoms with Crippen LogP contribution in [-0.2, 0) is 23.9 Å². The number of unbranched alkanes of at least 4 members (excludes halogenated alkanes) is 8. The van der Waals surface area contributed by atoms with Gasteiger partial charge in [-0.2, -0.15) is 5.06 Å². The van der Waals surface area contributed by atoms with Crippen molar-refractivity contribution >= 4 is 11.9 Å². The van der Waals surface area contributed by atoms with Crippen LogP contribution in [0.3, 0.4) is 0 Å². The minimum absolute atomic E-state index is 0.0798. The summed E-state index contributed by atoms with van der Waals surface area (Å²) in [4.78, 5) is 29.3. The van der Waals surface area contributed by atoms with Crippen LogP contribution in [0.1, 0.15) is 119 Å². The van der Waals surface area contributed by atoms with Gasteiger partial charge < -0.3 is 9.47 Å². The van der Waals surface area contributed by atoms with Crippen LogP contribution in [0.4, 0.5) is 0 Å². The summed E-state index contributed by atoms with van der Waals surface area (Å²) in [6.45, 7) is 12.6. The van der Waals surface area contributed by atoms with Crippen LogP contribution in [-0.4, -0.2) is 47.4 Å². The van der Waals surface area contributed by atoms with Gasteiger partial charge in [-0.1, -0.05) is 58.3 Å². The molecule has 1 fully saturated rings. The molecule has 0 N–H and O–H groups in total. The number of ether oxygens (including phenoxy) is 2. The van der Waals surface area contributed by atoms with Gasteiger partial charge in [-0.25, -0.2) is 0 Å². The topological polar surface area (TPSA) is 65.1 Å². The van der Waals surface area contributed by atoms with E-state index >= 15 is 0 Å². The van der Waals surface area contributed by atoms with Gasteiger partial charge in [0.05, 0.1) is 0 Å². The summed E-state index contributed by atoms with van der Waals surface area (Å²) in [5.74, 6) is -0.386. The van der Waals surface area contributed by atoms with Crippen LogP contribution in [0, 0.1) is 0 Å². The monoisotopic (exact) mass is 441 g/mol. The first-order valence-corrected chi connectivity index (χ1v) is 12.3. The molecule has 6 heteroatoms. The Kier molecular flexibility index (Phi) is 12.7. The predicted octanol–water partition coefficient (Wildman–Crippen LogP) is 5.97. The van der Waals surface area contributed by atoms with Gasteiger partial charge in [-0.05, 0) is 34.1 Å².